The topological polar surface area (TPSA) is 78.9 Å². The van der Waals surface area contributed by atoms with E-state index in [4.69, 9.17) is 10.9 Å². The molecule has 0 aromatic carbocycles. The van der Waals surface area contributed by atoms with Gasteiger partial charge in [-0.05, 0) is 23.8 Å². The van der Waals surface area contributed by atoms with Crippen molar-refractivity contribution in [3.8, 4) is 0 Å². The first kappa shape index (κ1) is 9.42. The van der Waals surface area contributed by atoms with E-state index in [0.717, 1.165) is 16.2 Å². The van der Waals surface area contributed by atoms with Crippen LogP contribution in [0.25, 0.3) is 0 Å². The molecule has 0 aromatic heterocycles. The lowest BCUT2D eigenvalue weighted by Gasteiger charge is -2.12. The van der Waals surface area contributed by atoms with E-state index in [1.165, 1.54) is 18.6 Å². The number of carbonyl (C=O) groups excluding carboxylic acids is 1. The SMILES string of the molecule is NC1=CC(=C2C=CN(O)C=C2)C=NC1=O. The van der Waals surface area contributed by atoms with E-state index in [9.17, 15) is 4.79 Å². The fraction of sp³-hybridized carbons (Fsp3) is 0. The van der Waals surface area contributed by atoms with Crippen LogP contribution in [0.1, 0.15) is 0 Å². The number of hydrogen-bond donors (Lipinski definition) is 2. The molecule has 76 valence electrons. The van der Waals surface area contributed by atoms with Gasteiger partial charge in [-0.25, -0.2) is 10.1 Å². The third-order valence-corrected chi connectivity index (χ3v) is 2.03. The third kappa shape index (κ3) is 1.87. The van der Waals surface area contributed by atoms with Crippen LogP contribution < -0.4 is 5.73 Å². The summed E-state index contributed by atoms with van der Waals surface area (Å²) >= 11 is 0. The Kier molecular flexibility index (Phi) is 2.23. The standard InChI is InChI=1S/C10H9N3O2/c11-9-5-8(6-12-10(9)14)7-1-3-13(15)4-2-7/h1-6,15H,11H2. The monoisotopic (exact) mass is 203 g/mol. The zero-order valence-electron chi connectivity index (χ0n) is 7.79. The highest BCUT2D eigenvalue weighted by molar-refractivity contribution is 6.06. The van der Waals surface area contributed by atoms with Crippen molar-refractivity contribution in [3.05, 3.63) is 47.5 Å². The lowest BCUT2D eigenvalue weighted by Crippen LogP contribution is -2.14. The van der Waals surface area contributed by atoms with Crippen LogP contribution in [0.2, 0.25) is 0 Å². The molecule has 0 radical (unpaired) electrons. The Morgan fingerprint density at radius 3 is 2.53 bits per heavy atom. The Hall–Kier alpha value is -2.14. The van der Waals surface area contributed by atoms with Gasteiger partial charge in [0, 0.05) is 24.2 Å². The molecule has 0 fully saturated rings. The summed E-state index contributed by atoms with van der Waals surface area (Å²) in [5.74, 6) is -0.424. The molecule has 2 rings (SSSR count). The van der Waals surface area contributed by atoms with E-state index in [2.05, 4.69) is 4.99 Å². The van der Waals surface area contributed by atoms with E-state index < -0.39 is 5.91 Å². The van der Waals surface area contributed by atoms with Crippen LogP contribution in [0.4, 0.5) is 0 Å². The van der Waals surface area contributed by atoms with Crippen LogP contribution in [0.3, 0.4) is 0 Å². The predicted molar refractivity (Wildman–Crippen MR) is 54.7 cm³/mol. The van der Waals surface area contributed by atoms with Crippen molar-refractivity contribution >= 4 is 12.1 Å². The molecule has 5 heteroatoms. The minimum Gasteiger partial charge on any atom is -0.394 e. The fourth-order valence-corrected chi connectivity index (χ4v) is 1.24. The molecular formula is C10H9N3O2. The van der Waals surface area contributed by atoms with Crippen molar-refractivity contribution in [1.82, 2.24) is 5.06 Å². The van der Waals surface area contributed by atoms with E-state index in [1.807, 2.05) is 0 Å². The smallest absolute Gasteiger partial charge is 0.292 e. The van der Waals surface area contributed by atoms with Gasteiger partial charge in [-0.1, -0.05) is 0 Å². The second-order valence-corrected chi connectivity index (χ2v) is 3.09. The van der Waals surface area contributed by atoms with Crippen LogP contribution in [0.5, 0.6) is 0 Å². The Morgan fingerprint density at radius 1 is 1.27 bits per heavy atom. The number of dihydropyridines is 1. The maximum absolute atomic E-state index is 11.0. The highest BCUT2D eigenvalue weighted by Gasteiger charge is 2.11. The molecule has 0 aliphatic carbocycles. The third-order valence-electron chi connectivity index (χ3n) is 2.03. The normalized spacial score (nSPS) is 19.9. The Bertz CT molecular complexity index is 439. The summed E-state index contributed by atoms with van der Waals surface area (Å²) in [7, 11) is 0. The van der Waals surface area contributed by atoms with E-state index in [0.29, 0.717) is 0 Å². The van der Waals surface area contributed by atoms with E-state index >= 15 is 0 Å². The molecule has 2 heterocycles. The number of carbonyl (C=O) groups is 1. The predicted octanol–water partition coefficient (Wildman–Crippen LogP) is 0.469. The van der Waals surface area contributed by atoms with Crippen LogP contribution in [-0.4, -0.2) is 22.4 Å². The van der Waals surface area contributed by atoms with E-state index in [-0.39, 0.29) is 5.70 Å². The maximum atomic E-state index is 11.0. The van der Waals surface area contributed by atoms with Gasteiger partial charge in [0.05, 0.1) is 0 Å². The number of aliphatic imine (C=N–C) groups is 1. The van der Waals surface area contributed by atoms with Crippen molar-refractivity contribution in [2.75, 3.05) is 0 Å². The van der Waals surface area contributed by atoms with Crippen molar-refractivity contribution in [3.63, 3.8) is 0 Å². The first-order valence-electron chi connectivity index (χ1n) is 4.30. The van der Waals surface area contributed by atoms with Gasteiger partial charge < -0.3 is 5.73 Å². The molecule has 0 saturated carbocycles. The first-order chi connectivity index (χ1) is 7.16. The summed E-state index contributed by atoms with van der Waals surface area (Å²) in [6.07, 6.45) is 9.37. The number of nitrogens with zero attached hydrogens (tertiary/aromatic N) is 2. The molecule has 1 amide bonds. The van der Waals surface area contributed by atoms with E-state index in [1.54, 1.807) is 18.2 Å². The summed E-state index contributed by atoms with van der Waals surface area (Å²) in [6, 6.07) is 0. The molecule has 2 aliphatic heterocycles. The van der Waals surface area contributed by atoms with Crippen LogP contribution >= 0.6 is 0 Å². The summed E-state index contributed by atoms with van der Waals surface area (Å²) in [4.78, 5) is 14.6. The molecule has 0 unspecified atom stereocenters. The molecular weight excluding hydrogens is 194 g/mol. The van der Waals surface area contributed by atoms with Crippen molar-refractivity contribution in [1.29, 1.82) is 0 Å². The molecule has 5 nitrogen and oxygen atoms in total. The van der Waals surface area contributed by atoms with Gasteiger partial charge in [-0.15, -0.1) is 0 Å². The fourth-order valence-electron chi connectivity index (χ4n) is 1.24. The minimum atomic E-state index is -0.424. The van der Waals surface area contributed by atoms with Crippen molar-refractivity contribution < 1.29 is 10.0 Å². The van der Waals surface area contributed by atoms with Gasteiger partial charge in [0.15, 0.2) is 0 Å². The number of nitrogens with two attached hydrogens (primary N) is 1. The molecule has 3 N–H and O–H groups in total. The van der Waals surface area contributed by atoms with Crippen LogP contribution in [-0.2, 0) is 4.79 Å². The van der Waals surface area contributed by atoms with Gasteiger partial charge in [-0.3, -0.25) is 10.0 Å². The molecule has 0 aromatic rings. The largest absolute Gasteiger partial charge is 0.394 e. The van der Waals surface area contributed by atoms with Gasteiger partial charge >= 0.3 is 0 Å². The highest BCUT2D eigenvalue weighted by atomic mass is 16.5. The van der Waals surface area contributed by atoms with Gasteiger partial charge in [0.1, 0.15) is 5.70 Å². The van der Waals surface area contributed by atoms with Gasteiger partial charge in [-0.2, -0.15) is 0 Å². The van der Waals surface area contributed by atoms with Gasteiger partial charge in [0.25, 0.3) is 5.91 Å². The highest BCUT2D eigenvalue weighted by Crippen LogP contribution is 2.16. The second kappa shape index (κ2) is 3.55. The first-order valence-corrected chi connectivity index (χ1v) is 4.30. The van der Waals surface area contributed by atoms with Gasteiger partial charge in [0.2, 0.25) is 0 Å². The Balaban J connectivity index is 2.36. The number of hydrogen-bond acceptors (Lipinski definition) is 4. The minimum absolute atomic E-state index is 0.119. The zero-order chi connectivity index (χ0) is 10.8. The average Bonchev–Trinajstić information content (AvgIpc) is 2.23. The zero-order valence-corrected chi connectivity index (χ0v) is 7.79. The molecule has 0 spiro atoms. The molecule has 0 saturated heterocycles. The second-order valence-electron chi connectivity index (χ2n) is 3.09. The average molecular weight is 203 g/mol. The maximum Gasteiger partial charge on any atom is 0.292 e. The Morgan fingerprint density at radius 2 is 1.93 bits per heavy atom. The summed E-state index contributed by atoms with van der Waals surface area (Å²) in [5.41, 5.74) is 7.15. The quantitative estimate of drug-likeness (QED) is 0.599. The lowest BCUT2D eigenvalue weighted by atomic mass is 10.0. The summed E-state index contributed by atoms with van der Waals surface area (Å²) in [6.45, 7) is 0. The Labute approximate surface area is 86.2 Å². The summed E-state index contributed by atoms with van der Waals surface area (Å²) < 4.78 is 0. The van der Waals surface area contributed by atoms with Crippen molar-refractivity contribution in [2.24, 2.45) is 10.7 Å². The molecule has 0 atom stereocenters. The number of amides is 1. The number of allylic oxidation sites excluding steroid dienone is 5. The van der Waals surface area contributed by atoms with Crippen LogP contribution in [0.15, 0.2) is 52.5 Å². The molecule has 2 aliphatic rings. The number of rotatable bonds is 0. The van der Waals surface area contributed by atoms with Crippen molar-refractivity contribution in [2.45, 2.75) is 0 Å². The number of hydroxylamine groups is 2. The summed E-state index contributed by atoms with van der Waals surface area (Å²) in [5, 5.41) is 9.96. The molecule has 15 heavy (non-hydrogen) atoms. The van der Waals surface area contributed by atoms with Crippen LogP contribution in [0, 0.1) is 0 Å². The molecule has 0 bridgehead atoms. The lowest BCUT2D eigenvalue weighted by molar-refractivity contribution is -0.114.